The number of carbonyl (C=O) groups is 1. The topological polar surface area (TPSA) is 63.2 Å². The normalized spacial score (nSPS) is 10.2. The van der Waals surface area contributed by atoms with Crippen LogP contribution in [0.15, 0.2) is 66.9 Å². The summed E-state index contributed by atoms with van der Waals surface area (Å²) in [5.74, 6) is 0.753. The monoisotopic (exact) mass is 351 g/mol. The molecule has 6 heteroatoms. The molecule has 2 aromatic carbocycles. The van der Waals surface area contributed by atoms with Gasteiger partial charge in [-0.3, -0.25) is 4.79 Å². The van der Waals surface area contributed by atoms with Gasteiger partial charge in [-0.15, -0.1) is 0 Å². The van der Waals surface area contributed by atoms with Crippen LogP contribution in [0.4, 0.5) is 15.9 Å². The molecule has 3 aromatic rings. The van der Waals surface area contributed by atoms with Crippen LogP contribution >= 0.6 is 0 Å². The van der Waals surface area contributed by atoms with Crippen molar-refractivity contribution in [3.63, 3.8) is 0 Å². The molecule has 26 heavy (non-hydrogen) atoms. The van der Waals surface area contributed by atoms with Crippen molar-refractivity contribution in [2.45, 2.75) is 6.54 Å². The summed E-state index contributed by atoms with van der Waals surface area (Å²) in [4.78, 5) is 16.4. The molecule has 0 aliphatic heterocycles. The number of ether oxygens (including phenoxy) is 1. The van der Waals surface area contributed by atoms with Crippen molar-refractivity contribution < 1.29 is 13.9 Å². The largest absolute Gasteiger partial charge is 0.497 e. The van der Waals surface area contributed by atoms with Crippen LogP contribution in [0.1, 0.15) is 15.9 Å². The molecule has 1 amide bonds. The summed E-state index contributed by atoms with van der Waals surface area (Å²) in [5.41, 5.74) is 2.01. The Kier molecular flexibility index (Phi) is 5.43. The van der Waals surface area contributed by atoms with E-state index in [1.807, 2.05) is 24.3 Å². The molecule has 1 aromatic heterocycles. The number of nitrogens with one attached hydrogen (secondary N) is 2. The minimum Gasteiger partial charge on any atom is -0.497 e. The lowest BCUT2D eigenvalue weighted by Gasteiger charge is -2.08. The van der Waals surface area contributed by atoms with E-state index in [4.69, 9.17) is 4.74 Å². The summed E-state index contributed by atoms with van der Waals surface area (Å²) in [6.07, 6.45) is 1.48. The Hall–Kier alpha value is -3.41. The van der Waals surface area contributed by atoms with Crippen LogP contribution in [0.3, 0.4) is 0 Å². The maximum atomic E-state index is 13.2. The molecule has 0 aliphatic carbocycles. The number of carbonyl (C=O) groups excluding carboxylic acids is 1. The molecule has 0 radical (unpaired) electrons. The van der Waals surface area contributed by atoms with Gasteiger partial charge in [0.2, 0.25) is 0 Å². The zero-order valence-corrected chi connectivity index (χ0v) is 14.2. The molecule has 0 fully saturated rings. The van der Waals surface area contributed by atoms with Crippen molar-refractivity contribution >= 4 is 17.4 Å². The molecular weight excluding hydrogens is 333 g/mol. The van der Waals surface area contributed by atoms with E-state index >= 15 is 0 Å². The minimum absolute atomic E-state index is 0.217. The maximum Gasteiger partial charge on any atom is 0.253 e. The van der Waals surface area contributed by atoms with Gasteiger partial charge < -0.3 is 15.4 Å². The van der Waals surface area contributed by atoms with Gasteiger partial charge >= 0.3 is 0 Å². The van der Waals surface area contributed by atoms with Gasteiger partial charge in [0.1, 0.15) is 17.4 Å². The lowest BCUT2D eigenvalue weighted by atomic mass is 10.2. The summed E-state index contributed by atoms with van der Waals surface area (Å²) in [7, 11) is 1.61. The van der Waals surface area contributed by atoms with Crippen LogP contribution in [0.2, 0.25) is 0 Å². The summed E-state index contributed by atoms with van der Waals surface area (Å²) < 4.78 is 18.3. The summed E-state index contributed by atoms with van der Waals surface area (Å²) in [5, 5.41) is 5.82. The smallest absolute Gasteiger partial charge is 0.253 e. The fourth-order valence-corrected chi connectivity index (χ4v) is 2.34. The second-order valence-corrected chi connectivity index (χ2v) is 5.60. The number of hydrogen-bond acceptors (Lipinski definition) is 4. The highest BCUT2D eigenvalue weighted by molar-refractivity contribution is 5.94. The first-order valence-corrected chi connectivity index (χ1v) is 8.04. The van der Waals surface area contributed by atoms with Crippen molar-refractivity contribution in [2.75, 3.05) is 12.4 Å². The number of rotatable bonds is 6. The van der Waals surface area contributed by atoms with Crippen LogP contribution in [0, 0.1) is 5.82 Å². The third-order valence-corrected chi connectivity index (χ3v) is 3.73. The van der Waals surface area contributed by atoms with Gasteiger partial charge in [0.15, 0.2) is 0 Å². The van der Waals surface area contributed by atoms with E-state index < -0.39 is 0 Å². The van der Waals surface area contributed by atoms with Gasteiger partial charge in [-0.2, -0.15) is 0 Å². The Morgan fingerprint density at radius 1 is 1.12 bits per heavy atom. The highest BCUT2D eigenvalue weighted by Crippen LogP contribution is 2.16. The third kappa shape index (κ3) is 4.57. The second-order valence-electron chi connectivity index (χ2n) is 5.60. The molecule has 5 nitrogen and oxygen atoms in total. The van der Waals surface area contributed by atoms with Gasteiger partial charge in [0.05, 0.1) is 12.7 Å². The number of pyridine rings is 1. The zero-order chi connectivity index (χ0) is 18.4. The van der Waals surface area contributed by atoms with Crippen LogP contribution in [0.5, 0.6) is 5.75 Å². The van der Waals surface area contributed by atoms with Crippen LogP contribution in [-0.2, 0) is 6.54 Å². The summed E-state index contributed by atoms with van der Waals surface area (Å²) in [6, 6.07) is 16.9. The molecule has 0 atom stereocenters. The SMILES string of the molecule is COc1ccc(CNC(=O)c2ccc(Nc3cccc(F)c3)nc2)cc1. The molecule has 0 spiro atoms. The standard InChI is InChI=1S/C20H18FN3O2/c1-26-18-8-5-14(6-9-18)12-23-20(25)15-7-10-19(22-13-15)24-17-4-2-3-16(21)11-17/h2-11,13H,12H2,1H3,(H,22,24)(H,23,25). The Bertz CT molecular complexity index is 880. The van der Waals surface area contributed by atoms with E-state index in [1.54, 1.807) is 31.4 Å². The van der Waals surface area contributed by atoms with E-state index in [1.165, 1.54) is 18.3 Å². The number of benzene rings is 2. The Balaban J connectivity index is 1.57. The van der Waals surface area contributed by atoms with Crippen molar-refractivity contribution in [1.82, 2.24) is 10.3 Å². The number of hydrogen-bond donors (Lipinski definition) is 2. The van der Waals surface area contributed by atoms with Crippen molar-refractivity contribution in [1.29, 1.82) is 0 Å². The fraction of sp³-hybridized carbons (Fsp3) is 0.100. The quantitative estimate of drug-likeness (QED) is 0.707. The van der Waals surface area contributed by atoms with Gasteiger partial charge in [0.25, 0.3) is 5.91 Å². The first-order valence-electron chi connectivity index (χ1n) is 8.04. The number of nitrogens with zero attached hydrogens (tertiary/aromatic N) is 1. The third-order valence-electron chi connectivity index (χ3n) is 3.73. The van der Waals surface area contributed by atoms with Gasteiger partial charge in [-0.1, -0.05) is 18.2 Å². The van der Waals surface area contributed by atoms with E-state index in [9.17, 15) is 9.18 Å². The lowest BCUT2D eigenvalue weighted by Crippen LogP contribution is -2.22. The minimum atomic E-state index is -0.329. The van der Waals surface area contributed by atoms with Crippen molar-refractivity contribution in [3.8, 4) is 5.75 Å². The van der Waals surface area contributed by atoms with Gasteiger partial charge in [-0.25, -0.2) is 9.37 Å². The molecule has 0 saturated heterocycles. The first kappa shape index (κ1) is 17.4. The summed E-state index contributed by atoms with van der Waals surface area (Å²) >= 11 is 0. The second kappa shape index (κ2) is 8.11. The summed E-state index contributed by atoms with van der Waals surface area (Å²) in [6.45, 7) is 0.409. The Morgan fingerprint density at radius 2 is 1.92 bits per heavy atom. The average Bonchev–Trinajstić information content (AvgIpc) is 2.67. The number of halogens is 1. The van der Waals surface area contributed by atoms with Crippen LogP contribution < -0.4 is 15.4 Å². The van der Waals surface area contributed by atoms with Gasteiger partial charge in [0, 0.05) is 18.4 Å². The first-order chi connectivity index (χ1) is 12.6. The predicted molar refractivity (Wildman–Crippen MR) is 98.1 cm³/mol. The predicted octanol–water partition coefficient (Wildman–Crippen LogP) is 3.90. The number of aromatic nitrogens is 1. The molecular formula is C20H18FN3O2. The molecule has 2 N–H and O–H groups in total. The Labute approximate surface area is 150 Å². The van der Waals surface area contributed by atoms with Crippen LogP contribution in [0.25, 0.3) is 0 Å². The maximum absolute atomic E-state index is 13.2. The van der Waals surface area contributed by atoms with E-state index in [-0.39, 0.29) is 11.7 Å². The average molecular weight is 351 g/mol. The van der Waals surface area contributed by atoms with Gasteiger partial charge in [-0.05, 0) is 48.0 Å². The molecule has 3 rings (SSSR count). The van der Waals surface area contributed by atoms with E-state index in [2.05, 4.69) is 15.6 Å². The van der Waals surface area contributed by atoms with E-state index in [0.717, 1.165) is 11.3 Å². The number of amides is 1. The lowest BCUT2D eigenvalue weighted by molar-refractivity contribution is 0.0950. The molecule has 0 unspecified atom stereocenters. The zero-order valence-electron chi connectivity index (χ0n) is 14.2. The van der Waals surface area contributed by atoms with E-state index in [0.29, 0.717) is 23.6 Å². The highest BCUT2D eigenvalue weighted by Gasteiger charge is 2.06. The molecule has 0 bridgehead atoms. The number of anilines is 2. The molecule has 0 saturated carbocycles. The molecule has 0 aliphatic rings. The molecule has 1 heterocycles. The van der Waals surface area contributed by atoms with Crippen molar-refractivity contribution in [2.24, 2.45) is 0 Å². The number of methoxy groups -OCH3 is 1. The van der Waals surface area contributed by atoms with Crippen molar-refractivity contribution in [3.05, 3.63) is 83.8 Å². The molecule has 132 valence electrons. The fourth-order valence-electron chi connectivity index (χ4n) is 2.34. The van der Waals surface area contributed by atoms with Crippen LogP contribution in [-0.4, -0.2) is 18.0 Å². The highest BCUT2D eigenvalue weighted by atomic mass is 19.1. The Morgan fingerprint density at radius 3 is 2.58 bits per heavy atom.